The van der Waals surface area contributed by atoms with Crippen molar-refractivity contribution in [2.24, 2.45) is 0 Å². The number of hydrogen-bond donors (Lipinski definition) is 2. The molecule has 3 heterocycles. The van der Waals surface area contributed by atoms with Crippen molar-refractivity contribution < 1.29 is 14.3 Å². The summed E-state index contributed by atoms with van der Waals surface area (Å²) in [6.07, 6.45) is 4.68. The summed E-state index contributed by atoms with van der Waals surface area (Å²) in [5.74, 6) is 1.05. The van der Waals surface area contributed by atoms with Gasteiger partial charge in [0.1, 0.15) is 11.9 Å². The molecule has 2 saturated heterocycles. The van der Waals surface area contributed by atoms with Gasteiger partial charge in [0, 0.05) is 63.1 Å². The van der Waals surface area contributed by atoms with Gasteiger partial charge in [0.25, 0.3) is 5.91 Å². The molecule has 1 amide bonds. The van der Waals surface area contributed by atoms with E-state index in [1.807, 2.05) is 12.1 Å². The molecule has 0 unspecified atom stereocenters. The van der Waals surface area contributed by atoms with E-state index in [0.717, 1.165) is 89.5 Å². The van der Waals surface area contributed by atoms with E-state index in [1.54, 1.807) is 0 Å². The molecular weight excluding hydrogens is 440 g/mol. The van der Waals surface area contributed by atoms with E-state index in [4.69, 9.17) is 9.47 Å². The van der Waals surface area contributed by atoms with Crippen LogP contribution in [0.1, 0.15) is 35.2 Å². The van der Waals surface area contributed by atoms with E-state index < -0.39 is 0 Å². The zero-order chi connectivity index (χ0) is 23.9. The molecule has 1 atom stereocenters. The van der Waals surface area contributed by atoms with Gasteiger partial charge in [-0.25, -0.2) is 0 Å². The lowest BCUT2D eigenvalue weighted by molar-refractivity contribution is 0.0383. The number of benzene rings is 2. The summed E-state index contributed by atoms with van der Waals surface area (Å²) >= 11 is 0. The van der Waals surface area contributed by atoms with Crippen LogP contribution in [0, 0.1) is 0 Å². The molecule has 0 aliphatic carbocycles. The second kappa shape index (κ2) is 11.9. The Morgan fingerprint density at radius 2 is 1.71 bits per heavy atom. The van der Waals surface area contributed by atoms with Crippen molar-refractivity contribution in [1.29, 1.82) is 0 Å². The highest BCUT2D eigenvalue weighted by Gasteiger charge is 2.23. The molecule has 35 heavy (non-hydrogen) atoms. The summed E-state index contributed by atoms with van der Waals surface area (Å²) in [5.41, 5.74) is 3.25. The molecule has 0 bridgehead atoms. The first-order chi connectivity index (χ1) is 17.2. The van der Waals surface area contributed by atoms with Gasteiger partial charge in [-0.05, 0) is 61.6 Å². The second-order valence-corrected chi connectivity index (χ2v) is 9.81. The lowest BCUT2D eigenvalue weighted by Gasteiger charge is -2.35. The molecule has 2 aromatic rings. The molecule has 0 spiro atoms. The third-order valence-corrected chi connectivity index (χ3v) is 7.44. The van der Waals surface area contributed by atoms with Crippen LogP contribution >= 0.6 is 0 Å². The molecule has 0 aromatic heterocycles. The van der Waals surface area contributed by atoms with E-state index in [0.29, 0.717) is 12.6 Å². The van der Waals surface area contributed by atoms with E-state index >= 15 is 0 Å². The number of carbonyl (C=O) groups excluding carboxylic acids is 1. The Bertz CT molecular complexity index is 953. The van der Waals surface area contributed by atoms with Crippen molar-refractivity contribution in [3.63, 3.8) is 0 Å². The highest BCUT2D eigenvalue weighted by Crippen LogP contribution is 2.27. The largest absolute Gasteiger partial charge is 0.489 e. The standard InChI is InChI=1S/C28H38N4O3/c33-28(29-13-16-31-17-19-34-20-18-31)23-5-8-25(9-6-23)32-14-11-24(12-15-32)30-21-26-10-7-22-3-1-2-4-27(22)35-26/h1-6,8-9,24,26,30H,7,10-21H2,(H,29,33)/t26-/m1/s1. The Hall–Kier alpha value is -2.61. The predicted octanol–water partition coefficient (Wildman–Crippen LogP) is 2.70. The fourth-order valence-electron chi connectivity index (χ4n) is 5.24. The molecule has 2 aromatic carbocycles. The van der Waals surface area contributed by atoms with Crippen molar-refractivity contribution >= 4 is 11.6 Å². The van der Waals surface area contributed by atoms with Crippen molar-refractivity contribution in [3.05, 3.63) is 59.7 Å². The molecule has 2 N–H and O–H groups in total. The number of morpholine rings is 1. The molecule has 3 aliphatic heterocycles. The maximum atomic E-state index is 12.5. The molecule has 5 rings (SSSR count). The summed E-state index contributed by atoms with van der Waals surface area (Å²) in [6.45, 7) is 7.96. The fraction of sp³-hybridized carbons (Fsp3) is 0.536. The molecule has 0 saturated carbocycles. The van der Waals surface area contributed by atoms with Crippen LogP contribution in [0.5, 0.6) is 5.75 Å². The van der Waals surface area contributed by atoms with Crippen LogP contribution in [-0.4, -0.2) is 82.0 Å². The number of nitrogens with zero attached hydrogens (tertiary/aromatic N) is 2. The van der Waals surface area contributed by atoms with Gasteiger partial charge in [-0.15, -0.1) is 0 Å². The maximum absolute atomic E-state index is 12.5. The topological polar surface area (TPSA) is 66.1 Å². The zero-order valence-corrected chi connectivity index (χ0v) is 20.6. The molecule has 2 fully saturated rings. The third-order valence-electron chi connectivity index (χ3n) is 7.44. The van der Waals surface area contributed by atoms with Crippen LogP contribution in [-0.2, 0) is 11.2 Å². The van der Waals surface area contributed by atoms with Gasteiger partial charge in [-0.2, -0.15) is 0 Å². The summed E-state index contributed by atoms with van der Waals surface area (Å²) in [7, 11) is 0. The summed E-state index contributed by atoms with van der Waals surface area (Å²) in [4.78, 5) is 17.2. The number of nitrogens with one attached hydrogen (secondary N) is 2. The number of fused-ring (bicyclic) bond motifs is 1. The summed E-state index contributed by atoms with van der Waals surface area (Å²) in [5, 5.41) is 6.79. The number of rotatable bonds is 8. The smallest absolute Gasteiger partial charge is 0.251 e. The van der Waals surface area contributed by atoms with Gasteiger partial charge >= 0.3 is 0 Å². The van der Waals surface area contributed by atoms with Gasteiger partial charge in [0.05, 0.1) is 13.2 Å². The first-order valence-electron chi connectivity index (χ1n) is 13.2. The molecular formula is C28H38N4O3. The lowest BCUT2D eigenvalue weighted by Crippen LogP contribution is -2.46. The van der Waals surface area contributed by atoms with E-state index in [-0.39, 0.29) is 12.0 Å². The normalized spacial score (nSPS) is 21.3. The number of anilines is 1. The summed E-state index contributed by atoms with van der Waals surface area (Å²) in [6, 6.07) is 17.0. The van der Waals surface area contributed by atoms with Gasteiger partial charge < -0.3 is 25.0 Å². The van der Waals surface area contributed by atoms with Crippen LogP contribution in [0.2, 0.25) is 0 Å². The fourth-order valence-corrected chi connectivity index (χ4v) is 5.24. The number of aryl methyl sites for hydroxylation is 1. The van der Waals surface area contributed by atoms with Crippen LogP contribution in [0.25, 0.3) is 0 Å². The quantitative estimate of drug-likeness (QED) is 0.608. The predicted molar refractivity (Wildman–Crippen MR) is 138 cm³/mol. The number of para-hydroxylation sites is 1. The minimum Gasteiger partial charge on any atom is -0.489 e. The second-order valence-electron chi connectivity index (χ2n) is 9.81. The van der Waals surface area contributed by atoms with Crippen LogP contribution in [0.4, 0.5) is 5.69 Å². The minimum atomic E-state index is 0.000253. The Labute approximate surface area is 208 Å². The number of piperidine rings is 1. The van der Waals surface area contributed by atoms with Gasteiger partial charge in [-0.3, -0.25) is 9.69 Å². The highest BCUT2D eigenvalue weighted by atomic mass is 16.5. The number of carbonyl (C=O) groups is 1. The SMILES string of the molecule is O=C(NCCN1CCOCC1)c1ccc(N2CCC(NC[C@H]3CCc4ccccc4O3)CC2)cc1. The Morgan fingerprint density at radius 1 is 0.943 bits per heavy atom. The highest BCUT2D eigenvalue weighted by molar-refractivity contribution is 5.94. The van der Waals surface area contributed by atoms with Crippen molar-refractivity contribution in [2.45, 2.75) is 37.8 Å². The number of hydrogen-bond acceptors (Lipinski definition) is 6. The Balaban J connectivity index is 1.01. The number of ether oxygens (including phenoxy) is 2. The molecule has 3 aliphatic rings. The Kier molecular flexibility index (Phi) is 8.18. The van der Waals surface area contributed by atoms with E-state index in [1.165, 1.54) is 11.3 Å². The lowest BCUT2D eigenvalue weighted by atomic mass is 10.0. The average molecular weight is 479 g/mol. The molecule has 188 valence electrons. The molecule has 7 heteroatoms. The van der Waals surface area contributed by atoms with Crippen molar-refractivity contribution in [1.82, 2.24) is 15.5 Å². The van der Waals surface area contributed by atoms with E-state index in [2.05, 4.69) is 56.8 Å². The average Bonchev–Trinajstić information content (AvgIpc) is 2.93. The summed E-state index contributed by atoms with van der Waals surface area (Å²) < 4.78 is 11.6. The number of amides is 1. The minimum absolute atomic E-state index is 0.000253. The Morgan fingerprint density at radius 3 is 2.51 bits per heavy atom. The van der Waals surface area contributed by atoms with Crippen LogP contribution in [0.15, 0.2) is 48.5 Å². The van der Waals surface area contributed by atoms with Gasteiger partial charge in [0.2, 0.25) is 0 Å². The molecule has 0 radical (unpaired) electrons. The first kappa shape index (κ1) is 24.1. The van der Waals surface area contributed by atoms with Crippen molar-refractivity contribution in [3.8, 4) is 5.75 Å². The zero-order valence-electron chi connectivity index (χ0n) is 20.6. The monoisotopic (exact) mass is 478 g/mol. The molecule has 7 nitrogen and oxygen atoms in total. The van der Waals surface area contributed by atoms with E-state index in [9.17, 15) is 4.79 Å². The maximum Gasteiger partial charge on any atom is 0.251 e. The van der Waals surface area contributed by atoms with Gasteiger partial charge in [-0.1, -0.05) is 18.2 Å². The van der Waals surface area contributed by atoms with Crippen molar-refractivity contribution in [2.75, 3.05) is 63.9 Å². The van der Waals surface area contributed by atoms with Gasteiger partial charge in [0.15, 0.2) is 0 Å². The van der Waals surface area contributed by atoms with Crippen LogP contribution < -0.4 is 20.3 Å². The first-order valence-corrected chi connectivity index (χ1v) is 13.2. The van der Waals surface area contributed by atoms with Crippen LogP contribution in [0.3, 0.4) is 0 Å². The third kappa shape index (κ3) is 6.54.